The van der Waals surface area contributed by atoms with Crippen molar-refractivity contribution in [3.8, 4) is 11.1 Å². The van der Waals surface area contributed by atoms with Gasteiger partial charge in [-0.05, 0) is 30.5 Å². The van der Waals surface area contributed by atoms with Crippen LogP contribution in [0.4, 0.5) is 0 Å². The lowest BCUT2D eigenvalue weighted by Gasteiger charge is -2.41. The highest BCUT2D eigenvalue weighted by Gasteiger charge is 2.45. The first-order valence-electron chi connectivity index (χ1n) is 10.7. The zero-order chi connectivity index (χ0) is 22.6. The molecule has 1 aliphatic rings. The average Bonchev–Trinajstić information content (AvgIpc) is 3.34. The van der Waals surface area contributed by atoms with Gasteiger partial charge < -0.3 is 15.0 Å². The molecule has 2 aromatic carbocycles. The number of hydrogen-bond donors (Lipinski definition) is 2. The van der Waals surface area contributed by atoms with E-state index < -0.39 is 5.60 Å². The Morgan fingerprint density at radius 3 is 2.66 bits per heavy atom. The zero-order valence-corrected chi connectivity index (χ0v) is 18.2. The van der Waals surface area contributed by atoms with Gasteiger partial charge in [0.1, 0.15) is 6.33 Å². The van der Waals surface area contributed by atoms with Crippen LogP contribution in [0.3, 0.4) is 0 Å². The number of ether oxygens (including phenoxy) is 1. The molecule has 3 aromatic rings. The molecule has 8 nitrogen and oxygen atoms in total. The van der Waals surface area contributed by atoms with Crippen LogP contribution in [0.25, 0.3) is 11.1 Å². The van der Waals surface area contributed by atoms with Gasteiger partial charge in [-0.3, -0.25) is 14.7 Å². The molecular weight excluding hydrogens is 406 g/mol. The summed E-state index contributed by atoms with van der Waals surface area (Å²) in [5.41, 5.74) is 1.92. The molecule has 166 valence electrons. The van der Waals surface area contributed by atoms with E-state index in [1.165, 1.54) is 6.33 Å². The van der Waals surface area contributed by atoms with E-state index >= 15 is 0 Å². The van der Waals surface area contributed by atoms with Gasteiger partial charge in [0, 0.05) is 19.0 Å². The number of H-pyrrole nitrogens is 1. The quantitative estimate of drug-likeness (QED) is 0.622. The molecule has 2 heterocycles. The second kappa shape index (κ2) is 9.32. The molecule has 1 aromatic heterocycles. The Labute approximate surface area is 187 Å². The van der Waals surface area contributed by atoms with Crippen molar-refractivity contribution >= 4 is 11.8 Å². The molecule has 32 heavy (non-hydrogen) atoms. The van der Waals surface area contributed by atoms with Crippen molar-refractivity contribution in [3.05, 3.63) is 72.3 Å². The largest absolute Gasteiger partial charge is 0.361 e. The van der Waals surface area contributed by atoms with Gasteiger partial charge in [0.2, 0.25) is 5.82 Å². The summed E-state index contributed by atoms with van der Waals surface area (Å²) in [5, 5.41) is 9.34. The summed E-state index contributed by atoms with van der Waals surface area (Å²) in [6, 6.07) is 18.1. The molecule has 4 rings (SSSR count). The Hall–Kier alpha value is -3.52. The molecule has 2 amide bonds. The minimum absolute atomic E-state index is 0.0565. The number of nitrogens with one attached hydrogen (secondary N) is 2. The maximum Gasteiger partial charge on any atom is 0.291 e. The van der Waals surface area contributed by atoms with E-state index in [0.717, 1.165) is 16.7 Å². The summed E-state index contributed by atoms with van der Waals surface area (Å²) in [6.45, 7) is 4.56. The van der Waals surface area contributed by atoms with Gasteiger partial charge >= 0.3 is 0 Å². The fraction of sp³-hybridized carbons (Fsp3) is 0.333. The lowest BCUT2D eigenvalue weighted by atomic mass is 9.89. The first-order valence-corrected chi connectivity index (χ1v) is 10.7. The molecule has 0 bridgehead atoms. The number of amides is 2. The van der Waals surface area contributed by atoms with E-state index in [0.29, 0.717) is 13.0 Å². The highest BCUT2D eigenvalue weighted by Crippen LogP contribution is 2.27. The summed E-state index contributed by atoms with van der Waals surface area (Å²) < 4.78 is 6.12. The Morgan fingerprint density at radius 2 is 1.94 bits per heavy atom. The van der Waals surface area contributed by atoms with Gasteiger partial charge in [-0.2, -0.15) is 5.10 Å². The predicted molar refractivity (Wildman–Crippen MR) is 120 cm³/mol. The summed E-state index contributed by atoms with van der Waals surface area (Å²) in [6.07, 6.45) is 1.63. The molecule has 0 saturated carbocycles. The lowest BCUT2D eigenvalue weighted by molar-refractivity contribution is -0.157. The Bertz CT molecular complexity index is 1070. The van der Waals surface area contributed by atoms with Crippen LogP contribution in [0, 0.1) is 0 Å². The third kappa shape index (κ3) is 4.70. The van der Waals surface area contributed by atoms with Gasteiger partial charge in [-0.15, -0.1) is 0 Å². The number of rotatable bonds is 6. The number of hydrogen-bond acceptors (Lipinski definition) is 5. The maximum atomic E-state index is 13.3. The molecule has 1 aliphatic heterocycles. The highest BCUT2D eigenvalue weighted by molar-refractivity contribution is 5.92. The Kier molecular flexibility index (Phi) is 6.32. The molecule has 0 radical (unpaired) electrons. The second-order valence-electron chi connectivity index (χ2n) is 8.27. The Morgan fingerprint density at radius 1 is 1.16 bits per heavy atom. The van der Waals surface area contributed by atoms with Crippen molar-refractivity contribution in [1.29, 1.82) is 0 Å². The summed E-state index contributed by atoms with van der Waals surface area (Å²) in [7, 11) is 0. The van der Waals surface area contributed by atoms with E-state index in [1.807, 2.05) is 50.2 Å². The molecule has 1 fully saturated rings. The van der Waals surface area contributed by atoms with Crippen molar-refractivity contribution in [2.75, 3.05) is 19.7 Å². The van der Waals surface area contributed by atoms with E-state index in [4.69, 9.17) is 4.74 Å². The topological polar surface area (TPSA) is 100 Å². The molecule has 0 spiro atoms. The third-order valence-electron chi connectivity index (χ3n) is 5.45. The third-order valence-corrected chi connectivity index (χ3v) is 5.45. The van der Waals surface area contributed by atoms with E-state index in [9.17, 15) is 9.59 Å². The number of nitrogens with zero attached hydrogens (tertiary/aromatic N) is 3. The number of aromatic amines is 1. The standard InChI is InChI=1S/C24H27N5O3/c1-17(2)27-23(31)24(15-29(11-12-32-24)22(30)21-25-16-26-28-21)14-18-7-6-10-20(13-18)19-8-4-3-5-9-19/h3-10,13,16-17H,11-12,14-15H2,1-2H3,(H,27,31)(H,25,26,28). The van der Waals surface area contributed by atoms with Crippen LogP contribution < -0.4 is 5.32 Å². The lowest BCUT2D eigenvalue weighted by Crippen LogP contribution is -2.62. The normalized spacial score (nSPS) is 18.5. The van der Waals surface area contributed by atoms with Crippen LogP contribution in [0.5, 0.6) is 0 Å². The molecule has 1 atom stereocenters. The van der Waals surface area contributed by atoms with E-state index in [2.05, 4.69) is 38.7 Å². The fourth-order valence-electron chi connectivity index (χ4n) is 3.96. The fourth-order valence-corrected chi connectivity index (χ4v) is 3.96. The van der Waals surface area contributed by atoms with Gasteiger partial charge in [-0.1, -0.05) is 54.6 Å². The molecule has 1 saturated heterocycles. The minimum atomic E-state index is -1.20. The van der Waals surface area contributed by atoms with Gasteiger partial charge in [-0.25, -0.2) is 4.98 Å². The van der Waals surface area contributed by atoms with Crippen LogP contribution in [0.1, 0.15) is 30.0 Å². The summed E-state index contributed by atoms with van der Waals surface area (Å²) in [5.74, 6) is -0.380. The molecule has 8 heteroatoms. The SMILES string of the molecule is CC(C)NC(=O)C1(Cc2cccc(-c3ccccc3)c2)CN(C(=O)c2ncn[nH]2)CCO1. The van der Waals surface area contributed by atoms with Crippen molar-refractivity contribution in [1.82, 2.24) is 25.4 Å². The van der Waals surface area contributed by atoms with Crippen molar-refractivity contribution < 1.29 is 14.3 Å². The summed E-state index contributed by atoms with van der Waals surface area (Å²) in [4.78, 5) is 31.8. The van der Waals surface area contributed by atoms with Crippen molar-refractivity contribution in [2.24, 2.45) is 0 Å². The summed E-state index contributed by atoms with van der Waals surface area (Å²) >= 11 is 0. The van der Waals surface area contributed by atoms with Crippen LogP contribution in [-0.4, -0.2) is 63.2 Å². The second-order valence-corrected chi connectivity index (χ2v) is 8.27. The van der Waals surface area contributed by atoms with Crippen LogP contribution in [0.2, 0.25) is 0 Å². The number of carbonyl (C=O) groups is 2. The Balaban J connectivity index is 1.64. The van der Waals surface area contributed by atoms with Gasteiger partial charge in [0.05, 0.1) is 13.2 Å². The average molecular weight is 434 g/mol. The number of benzene rings is 2. The molecule has 2 N–H and O–H groups in total. The number of carbonyl (C=O) groups excluding carboxylic acids is 2. The van der Waals surface area contributed by atoms with Crippen molar-refractivity contribution in [3.63, 3.8) is 0 Å². The smallest absolute Gasteiger partial charge is 0.291 e. The first kappa shape index (κ1) is 21.7. The number of aromatic nitrogens is 3. The van der Waals surface area contributed by atoms with Gasteiger partial charge in [0.15, 0.2) is 5.60 Å². The van der Waals surface area contributed by atoms with Crippen LogP contribution in [-0.2, 0) is 16.0 Å². The van der Waals surface area contributed by atoms with E-state index in [-0.39, 0.29) is 36.8 Å². The molecule has 1 unspecified atom stereocenters. The monoisotopic (exact) mass is 433 g/mol. The van der Waals surface area contributed by atoms with Crippen LogP contribution in [0.15, 0.2) is 60.9 Å². The maximum absolute atomic E-state index is 13.3. The number of morpholine rings is 1. The molecular formula is C24H27N5O3. The minimum Gasteiger partial charge on any atom is -0.361 e. The first-order chi connectivity index (χ1) is 15.5. The predicted octanol–water partition coefficient (Wildman–Crippen LogP) is 2.45. The molecule has 0 aliphatic carbocycles. The van der Waals surface area contributed by atoms with Gasteiger partial charge in [0.25, 0.3) is 11.8 Å². The van der Waals surface area contributed by atoms with Crippen molar-refractivity contribution in [2.45, 2.75) is 31.9 Å². The highest BCUT2D eigenvalue weighted by atomic mass is 16.5. The zero-order valence-electron chi connectivity index (χ0n) is 18.2. The van der Waals surface area contributed by atoms with E-state index in [1.54, 1.807) is 4.90 Å². The van der Waals surface area contributed by atoms with Crippen LogP contribution >= 0.6 is 0 Å².